The standard InChI is InChI=1S/C12H16BrClN4/c1-17-8-2-3-9(17)7-18(5-4-8)11-10(13)6-15-12(14)16-11/h6,8-9H,2-5,7H2,1H3. The van der Waals surface area contributed by atoms with E-state index in [1.807, 2.05) is 0 Å². The Morgan fingerprint density at radius 3 is 2.94 bits per heavy atom. The molecule has 0 aliphatic carbocycles. The van der Waals surface area contributed by atoms with E-state index >= 15 is 0 Å². The van der Waals surface area contributed by atoms with Crippen molar-refractivity contribution in [3.8, 4) is 0 Å². The first-order valence-electron chi connectivity index (χ1n) is 6.30. The quantitative estimate of drug-likeness (QED) is 0.740. The number of hydrogen-bond donors (Lipinski definition) is 0. The average Bonchev–Trinajstić information content (AvgIpc) is 2.57. The number of fused-ring (bicyclic) bond motifs is 2. The Balaban J connectivity index is 1.87. The van der Waals surface area contributed by atoms with E-state index in [1.165, 1.54) is 19.3 Å². The van der Waals surface area contributed by atoms with Crippen molar-refractivity contribution in [3.05, 3.63) is 16.0 Å². The molecule has 4 nitrogen and oxygen atoms in total. The molecule has 3 heterocycles. The Kier molecular flexibility index (Phi) is 3.47. The zero-order valence-corrected chi connectivity index (χ0v) is 12.7. The third-order valence-electron chi connectivity index (χ3n) is 4.14. The molecule has 1 aromatic rings. The molecule has 2 aliphatic rings. The Morgan fingerprint density at radius 1 is 1.33 bits per heavy atom. The van der Waals surface area contributed by atoms with Gasteiger partial charge in [-0.3, -0.25) is 4.90 Å². The third kappa shape index (κ3) is 2.24. The van der Waals surface area contributed by atoms with Crippen LogP contribution in [0.3, 0.4) is 0 Å². The minimum Gasteiger partial charge on any atom is -0.354 e. The Morgan fingerprint density at radius 2 is 2.11 bits per heavy atom. The molecule has 0 spiro atoms. The summed E-state index contributed by atoms with van der Waals surface area (Å²) in [6.45, 7) is 2.07. The van der Waals surface area contributed by atoms with Crippen LogP contribution < -0.4 is 4.90 Å². The van der Waals surface area contributed by atoms with Gasteiger partial charge in [0.05, 0.1) is 4.47 Å². The van der Waals surface area contributed by atoms with Crippen LogP contribution >= 0.6 is 27.5 Å². The van der Waals surface area contributed by atoms with E-state index in [-0.39, 0.29) is 0 Å². The smallest absolute Gasteiger partial charge is 0.224 e. The highest BCUT2D eigenvalue weighted by atomic mass is 79.9. The second-order valence-electron chi connectivity index (χ2n) is 5.10. The maximum atomic E-state index is 5.90. The fourth-order valence-corrected chi connectivity index (χ4v) is 3.63. The fourth-order valence-electron chi connectivity index (χ4n) is 3.06. The number of nitrogens with zero attached hydrogens (tertiary/aromatic N) is 4. The first-order chi connectivity index (χ1) is 8.65. The third-order valence-corrected chi connectivity index (χ3v) is 4.89. The van der Waals surface area contributed by atoms with Gasteiger partial charge >= 0.3 is 0 Å². The van der Waals surface area contributed by atoms with Crippen LogP contribution in [-0.2, 0) is 0 Å². The van der Waals surface area contributed by atoms with E-state index in [0.717, 1.165) is 29.4 Å². The molecule has 2 aliphatic heterocycles. The molecule has 2 atom stereocenters. The zero-order valence-electron chi connectivity index (χ0n) is 10.3. The van der Waals surface area contributed by atoms with Crippen molar-refractivity contribution in [2.24, 2.45) is 0 Å². The molecule has 2 fully saturated rings. The predicted molar refractivity (Wildman–Crippen MR) is 76.1 cm³/mol. The van der Waals surface area contributed by atoms with E-state index in [2.05, 4.69) is 42.7 Å². The second-order valence-corrected chi connectivity index (χ2v) is 6.29. The van der Waals surface area contributed by atoms with Crippen LogP contribution in [0.4, 0.5) is 5.82 Å². The second kappa shape index (κ2) is 4.94. The summed E-state index contributed by atoms with van der Waals surface area (Å²) in [6.07, 6.45) is 5.55. The highest BCUT2D eigenvalue weighted by Crippen LogP contribution is 2.32. The molecule has 0 N–H and O–H groups in total. The number of anilines is 1. The van der Waals surface area contributed by atoms with Crippen LogP contribution in [0.25, 0.3) is 0 Å². The van der Waals surface area contributed by atoms with E-state index < -0.39 is 0 Å². The first-order valence-corrected chi connectivity index (χ1v) is 7.47. The maximum Gasteiger partial charge on any atom is 0.224 e. The lowest BCUT2D eigenvalue weighted by atomic mass is 10.1. The van der Waals surface area contributed by atoms with Crippen molar-refractivity contribution in [2.75, 3.05) is 25.0 Å². The molecule has 0 radical (unpaired) electrons. The number of likely N-dealkylation sites (N-methyl/N-ethyl adjacent to an activating group) is 1. The van der Waals surface area contributed by atoms with Gasteiger partial charge in [-0.15, -0.1) is 0 Å². The summed E-state index contributed by atoms with van der Waals surface area (Å²) < 4.78 is 0.923. The van der Waals surface area contributed by atoms with Crippen molar-refractivity contribution in [2.45, 2.75) is 31.3 Å². The number of hydrogen-bond acceptors (Lipinski definition) is 4. The van der Waals surface area contributed by atoms with Gasteiger partial charge in [0, 0.05) is 31.4 Å². The normalized spacial score (nSPS) is 28.5. The number of halogens is 2. The fraction of sp³-hybridized carbons (Fsp3) is 0.667. The van der Waals surface area contributed by atoms with Gasteiger partial charge in [-0.05, 0) is 53.8 Å². The van der Waals surface area contributed by atoms with Crippen LogP contribution in [0.1, 0.15) is 19.3 Å². The Hall–Kier alpha value is -0.390. The van der Waals surface area contributed by atoms with Gasteiger partial charge in [0.1, 0.15) is 5.82 Å². The Labute approximate surface area is 120 Å². The van der Waals surface area contributed by atoms with Gasteiger partial charge in [0.15, 0.2) is 0 Å². The SMILES string of the molecule is CN1C2CCC1CN(c1nc(Cl)ncc1Br)CC2. The van der Waals surface area contributed by atoms with Gasteiger partial charge in [-0.2, -0.15) is 4.98 Å². The molecule has 98 valence electrons. The number of aromatic nitrogens is 2. The highest BCUT2D eigenvalue weighted by molar-refractivity contribution is 9.10. The lowest BCUT2D eigenvalue weighted by molar-refractivity contribution is 0.254. The molecule has 0 amide bonds. The molecule has 2 unspecified atom stereocenters. The Bertz CT molecular complexity index is 456. The molecule has 1 aromatic heterocycles. The molecular weight excluding hydrogens is 316 g/mol. The maximum absolute atomic E-state index is 5.90. The molecule has 0 saturated carbocycles. The van der Waals surface area contributed by atoms with Crippen LogP contribution in [0, 0.1) is 0 Å². The van der Waals surface area contributed by atoms with Gasteiger partial charge in [0.2, 0.25) is 5.28 Å². The van der Waals surface area contributed by atoms with Crippen LogP contribution in [0.2, 0.25) is 5.28 Å². The van der Waals surface area contributed by atoms with Crippen LogP contribution in [0.15, 0.2) is 10.7 Å². The van der Waals surface area contributed by atoms with Gasteiger partial charge in [0.25, 0.3) is 0 Å². The topological polar surface area (TPSA) is 32.3 Å². The summed E-state index contributed by atoms with van der Waals surface area (Å²) in [5.41, 5.74) is 0. The molecule has 0 aromatic carbocycles. The van der Waals surface area contributed by atoms with Crippen molar-refractivity contribution in [3.63, 3.8) is 0 Å². The van der Waals surface area contributed by atoms with E-state index in [9.17, 15) is 0 Å². The molecule has 6 heteroatoms. The van der Waals surface area contributed by atoms with Crippen LogP contribution in [0.5, 0.6) is 0 Å². The minimum atomic E-state index is 0.316. The largest absolute Gasteiger partial charge is 0.354 e. The van der Waals surface area contributed by atoms with E-state index in [4.69, 9.17) is 11.6 Å². The van der Waals surface area contributed by atoms with Crippen molar-refractivity contribution >= 4 is 33.3 Å². The summed E-state index contributed by atoms with van der Waals surface area (Å²) in [7, 11) is 2.24. The van der Waals surface area contributed by atoms with Gasteiger partial charge in [-0.1, -0.05) is 0 Å². The van der Waals surface area contributed by atoms with Crippen LogP contribution in [-0.4, -0.2) is 47.1 Å². The summed E-state index contributed by atoms with van der Waals surface area (Å²) in [6, 6.07) is 1.37. The lowest BCUT2D eigenvalue weighted by Crippen LogP contribution is -2.37. The van der Waals surface area contributed by atoms with E-state index in [1.54, 1.807) is 6.20 Å². The molecule has 18 heavy (non-hydrogen) atoms. The number of rotatable bonds is 1. The predicted octanol–water partition coefficient (Wildman–Crippen LogP) is 2.57. The van der Waals surface area contributed by atoms with Crippen molar-refractivity contribution in [1.29, 1.82) is 0 Å². The van der Waals surface area contributed by atoms with E-state index in [0.29, 0.717) is 11.3 Å². The van der Waals surface area contributed by atoms with Crippen molar-refractivity contribution in [1.82, 2.24) is 14.9 Å². The summed E-state index contributed by atoms with van der Waals surface area (Å²) in [5.74, 6) is 0.927. The summed E-state index contributed by atoms with van der Waals surface area (Å²) >= 11 is 9.43. The van der Waals surface area contributed by atoms with Crippen molar-refractivity contribution < 1.29 is 0 Å². The first kappa shape index (κ1) is 12.6. The summed E-state index contributed by atoms with van der Waals surface area (Å²) in [4.78, 5) is 13.2. The lowest BCUT2D eigenvalue weighted by Gasteiger charge is -2.27. The zero-order chi connectivity index (χ0) is 12.7. The molecular formula is C12H16BrClN4. The molecule has 3 rings (SSSR count). The summed E-state index contributed by atoms with van der Waals surface area (Å²) in [5, 5.41) is 0.316. The highest BCUT2D eigenvalue weighted by Gasteiger charge is 2.35. The monoisotopic (exact) mass is 330 g/mol. The van der Waals surface area contributed by atoms with Gasteiger partial charge < -0.3 is 4.90 Å². The minimum absolute atomic E-state index is 0.316. The molecule has 2 bridgehead atoms. The van der Waals surface area contributed by atoms with Gasteiger partial charge in [-0.25, -0.2) is 4.98 Å². The molecule has 2 saturated heterocycles. The average molecular weight is 332 g/mol.